The zero-order valence-corrected chi connectivity index (χ0v) is 16.0. The highest BCUT2D eigenvalue weighted by Gasteiger charge is 2.38. The van der Waals surface area contributed by atoms with Crippen molar-refractivity contribution in [2.24, 2.45) is 5.92 Å². The van der Waals surface area contributed by atoms with E-state index < -0.39 is 6.04 Å². The van der Waals surface area contributed by atoms with Crippen molar-refractivity contribution in [3.63, 3.8) is 0 Å². The molecule has 1 aliphatic carbocycles. The molecule has 5 nitrogen and oxygen atoms in total. The molecule has 1 saturated heterocycles. The number of nitrogens with zero attached hydrogens (tertiary/aromatic N) is 1. The van der Waals surface area contributed by atoms with Crippen LogP contribution in [0.3, 0.4) is 0 Å². The third-order valence-corrected chi connectivity index (χ3v) is 6.26. The van der Waals surface area contributed by atoms with E-state index in [4.69, 9.17) is 4.74 Å². The highest BCUT2D eigenvalue weighted by Crippen LogP contribution is 2.34. The van der Waals surface area contributed by atoms with Gasteiger partial charge < -0.3 is 15.0 Å². The van der Waals surface area contributed by atoms with Crippen molar-refractivity contribution >= 4 is 11.8 Å². The minimum atomic E-state index is -0.414. The number of carbonyl (C=O) groups excluding carboxylic acids is 2. The van der Waals surface area contributed by atoms with Crippen molar-refractivity contribution in [3.05, 3.63) is 41.6 Å². The van der Waals surface area contributed by atoms with E-state index in [1.807, 2.05) is 18.2 Å². The SMILES string of the molecule is C=C1CCC(N2Cc3cc(O[C@H]4CCCC[C@H]4CC)ccc3C2=O)C(=O)N1. The van der Waals surface area contributed by atoms with Crippen LogP contribution < -0.4 is 10.1 Å². The summed E-state index contributed by atoms with van der Waals surface area (Å²) in [6.07, 6.45) is 7.61. The number of fused-ring (bicyclic) bond motifs is 1. The van der Waals surface area contributed by atoms with Crippen LogP contribution in [-0.2, 0) is 11.3 Å². The standard InChI is InChI=1S/C22H28N2O3/c1-3-15-6-4-5-7-20(15)27-17-9-10-18-16(12-17)13-24(22(18)26)19-11-8-14(2)23-21(19)25/h9-10,12,15,19-20H,2-8,11,13H2,1H3,(H,23,25)/t15-,19?,20+/m1/s1. The van der Waals surface area contributed by atoms with E-state index in [0.717, 1.165) is 29.9 Å². The minimum absolute atomic E-state index is 0.0617. The van der Waals surface area contributed by atoms with Crippen LogP contribution in [0, 0.1) is 5.92 Å². The van der Waals surface area contributed by atoms with Gasteiger partial charge in [-0.15, -0.1) is 0 Å². The molecule has 2 amide bonds. The van der Waals surface area contributed by atoms with Crippen LogP contribution in [0.25, 0.3) is 0 Å². The van der Waals surface area contributed by atoms with Crippen LogP contribution in [0.2, 0.25) is 0 Å². The van der Waals surface area contributed by atoms with Gasteiger partial charge in [-0.3, -0.25) is 9.59 Å². The Hall–Kier alpha value is -2.30. The van der Waals surface area contributed by atoms with Gasteiger partial charge in [0.2, 0.25) is 5.91 Å². The monoisotopic (exact) mass is 368 g/mol. The molecular weight excluding hydrogens is 340 g/mol. The first-order valence-electron chi connectivity index (χ1n) is 10.2. The number of carbonyl (C=O) groups is 2. The minimum Gasteiger partial charge on any atom is -0.490 e. The number of ether oxygens (including phenoxy) is 1. The Kier molecular flexibility index (Phi) is 4.94. The van der Waals surface area contributed by atoms with E-state index in [2.05, 4.69) is 18.8 Å². The number of hydrogen-bond donors (Lipinski definition) is 1. The molecule has 5 heteroatoms. The van der Waals surface area contributed by atoms with Crippen molar-refractivity contribution in [2.75, 3.05) is 0 Å². The lowest BCUT2D eigenvalue weighted by Crippen LogP contribution is -2.49. The number of amides is 2. The molecule has 3 aliphatic rings. The molecule has 1 saturated carbocycles. The normalized spacial score (nSPS) is 28.1. The predicted octanol–water partition coefficient (Wildman–Crippen LogP) is 3.78. The maximum atomic E-state index is 12.8. The van der Waals surface area contributed by atoms with Crippen molar-refractivity contribution in [1.29, 1.82) is 0 Å². The third-order valence-electron chi connectivity index (χ3n) is 6.26. The molecule has 2 heterocycles. The smallest absolute Gasteiger partial charge is 0.255 e. The van der Waals surface area contributed by atoms with Gasteiger partial charge in [0, 0.05) is 17.8 Å². The van der Waals surface area contributed by atoms with Crippen LogP contribution in [0.5, 0.6) is 5.75 Å². The Labute approximate surface area is 160 Å². The third kappa shape index (κ3) is 3.47. The molecule has 27 heavy (non-hydrogen) atoms. The molecule has 1 unspecified atom stereocenters. The maximum Gasteiger partial charge on any atom is 0.255 e. The second-order valence-corrected chi connectivity index (χ2v) is 8.01. The second kappa shape index (κ2) is 7.37. The van der Waals surface area contributed by atoms with Gasteiger partial charge in [-0.1, -0.05) is 19.9 Å². The quantitative estimate of drug-likeness (QED) is 0.880. The molecule has 3 atom stereocenters. The number of rotatable bonds is 4. The van der Waals surface area contributed by atoms with Crippen molar-refractivity contribution in [3.8, 4) is 5.75 Å². The Morgan fingerprint density at radius 3 is 2.81 bits per heavy atom. The van der Waals surface area contributed by atoms with E-state index >= 15 is 0 Å². The fourth-order valence-electron chi connectivity index (χ4n) is 4.67. The Morgan fingerprint density at radius 2 is 2.04 bits per heavy atom. The van der Waals surface area contributed by atoms with Gasteiger partial charge in [0.15, 0.2) is 0 Å². The molecule has 1 N–H and O–H groups in total. The number of benzene rings is 1. The van der Waals surface area contributed by atoms with Crippen LogP contribution in [0.4, 0.5) is 0 Å². The Morgan fingerprint density at radius 1 is 1.22 bits per heavy atom. The van der Waals surface area contributed by atoms with E-state index in [1.54, 1.807) is 4.90 Å². The zero-order chi connectivity index (χ0) is 19.0. The van der Waals surface area contributed by atoms with Crippen LogP contribution in [-0.4, -0.2) is 28.9 Å². The second-order valence-electron chi connectivity index (χ2n) is 8.01. The first-order valence-corrected chi connectivity index (χ1v) is 10.2. The lowest BCUT2D eigenvalue weighted by Gasteiger charge is -2.31. The van der Waals surface area contributed by atoms with Gasteiger partial charge in [-0.05, 0) is 68.2 Å². The highest BCUT2D eigenvalue weighted by molar-refractivity contribution is 6.01. The maximum absolute atomic E-state index is 12.8. The molecule has 4 rings (SSSR count). The molecule has 2 aliphatic heterocycles. The average Bonchev–Trinajstić information content (AvgIpc) is 2.98. The summed E-state index contributed by atoms with van der Waals surface area (Å²) in [7, 11) is 0. The molecule has 0 bridgehead atoms. The van der Waals surface area contributed by atoms with Gasteiger partial charge in [0.1, 0.15) is 17.9 Å². The van der Waals surface area contributed by atoms with E-state index in [-0.39, 0.29) is 17.9 Å². The average molecular weight is 368 g/mol. The Bertz CT molecular complexity index is 773. The molecule has 1 aromatic carbocycles. The lowest BCUT2D eigenvalue weighted by atomic mass is 9.85. The predicted molar refractivity (Wildman–Crippen MR) is 103 cm³/mol. The molecule has 0 aromatic heterocycles. The first kappa shape index (κ1) is 18.1. The van der Waals surface area contributed by atoms with Gasteiger partial charge in [-0.2, -0.15) is 0 Å². The fourth-order valence-corrected chi connectivity index (χ4v) is 4.67. The topological polar surface area (TPSA) is 58.6 Å². The molecule has 0 radical (unpaired) electrons. The molecular formula is C22H28N2O3. The van der Waals surface area contributed by atoms with Crippen molar-refractivity contribution < 1.29 is 14.3 Å². The van der Waals surface area contributed by atoms with E-state index in [0.29, 0.717) is 30.9 Å². The zero-order valence-electron chi connectivity index (χ0n) is 16.0. The lowest BCUT2D eigenvalue weighted by molar-refractivity contribution is -0.126. The summed E-state index contributed by atoms with van der Waals surface area (Å²) in [5.41, 5.74) is 2.38. The number of piperidine rings is 1. The van der Waals surface area contributed by atoms with Crippen LogP contribution >= 0.6 is 0 Å². The van der Waals surface area contributed by atoms with Gasteiger partial charge in [0.05, 0.1) is 0 Å². The number of nitrogens with one attached hydrogen (secondary N) is 1. The summed E-state index contributed by atoms with van der Waals surface area (Å²) in [5.74, 6) is 1.27. The highest BCUT2D eigenvalue weighted by atomic mass is 16.5. The number of allylic oxidation sites excluding steroid dienone is 1. The molecule has 144 valence electrons. The summed E-state index contributed by atoms with van der Waals surface area (Å²) in [5, 5.41) is 2.78. The molecule has 1 aromatic rings. The summed E-state index contributed by atoms with van der Waals surface area (Å²) >= 11 is 0. The van der Waals surface area contributed by atoms with Crippen LogP contribution in [0.15, 0.2) is 30.5 Å². The molecule has 2 fully saturated rings. The van der Waals surface area contributed by atoms with Gasteiger partial charge in [-0.25, -0.2) is 0 Å². The Balaban J connectivity index is 1.49. The summed E-state index contributed by atoms with van der Waals surface area (Å²) in [4.78, 5) is 26.8. The van der Waals surface area contributed by atoms with E-state index in [9.17, 15) is 9.59 Å². The summed E-state index contributed by atoms with van der Waals surface area (Å²) in [6.45, 7) is 6.51. The fraction of sp³-hybridized carbons (Fsp3) is 0.545. The van der Waals surface area contributed by atoms with Crippen molar-refractivity contribution in [2.45, 2.75) is 70.6 Å². The van der Waals surface area contributed by atoms with E-state index in [1.165, 1.54) is 19.3 Å². The van der Waals surface area contributed by atoms with Crippen LogP contribution in [0.1, 0.15) is 67.8 Å². The molecule has 0 spiro atoms. The largest absolute Gasteiger partial charge is 0.490 e. The van der Waals surface area contributed by atoms with Crippen molar-refractivity contribution in [1.82, 2.24) is 10.2 Å². The number of hydrogen-bond acceptors (Lipinski definition) is 3. The first-order chi connectivity index (χ1) is 13.1. The van der Waals surface area contributed by atoms with Gasteiger partial charge in [0.25, 0.3) is 5.91 Å². The summed E-state index contributed by atoms with van der Waals surface area (Å²) in [6, 6.07) is 5.34. The summed E-state index contributed by atoms with van der Waals surface area (Å²) < 4.78 is 6.31. The van der Waals surface area contributed by atoms with Gasteiger partial charge >= 0.3 is 0 Å².